The van der Waals surface area contributed by atoms with E-state index in [1.807, 2.05) is 68.4 Å². The van der Waals surface area contributed by atoms with Gasteiger partial charge in [-0.3, -0.25) is 4.79 Å². The van der Waals surface area contributed by atoms with Crippen LogP contribution >= 0.6 is 0 Å². The molecule has 0 aliphatic heterocycles. The lowest BCUT2D eigenvalue weighted by Crippen LogP contribution is -2.21. The van der Waals surface area contributed by atoms with Crippen molar-refractivity contribution in [1.82, 2.24) is 15.0 Å². The first-order valence-corrected chi connectivity index (χ1v) is 9.49. The van der Waals surface area contributed by atoms with Crippen molar-refractivity contribution in [3.05, 3.63) is 81.8 Å². The second-order valence-electron chi connectivity index (χ2n) is 7.07. The average molecular weight is 396 g/mol. The highest BCUT2D eigenvalue weighted by molar-refractivity contribution is 5.86. The van der Waals surface area contributed by atoms with Crippen LogP contribution in [0.15, 0.2) is 59.7 Å². The van der Waals surface area contributed by atoms with E-state index in [1.165, 1.54) is 6.33 Å². The summed E-state index contributed by atoms with van der Waals surface area (Å²) in [5.41, 5.74) is 9.85. The SMILES string of the molecule is Cc1cccc2c(=O)c(C(C)Nc3ncnc(N)c3C#N)c(-c3ccccc3)[nH]c12. The highest BCUT2D eigenvalue weighted by atomic mass is 16.1. The number of nitrogens with zero attached hydrogens (tertiary/aromatic N) is 3. The summed E-state index contributed by atoms with van der Waals surface area (Å²) in [4.78, 5) is 25.0. The number of nitrogens with one attached hydrogen (secondary N) is 2. The maximum absolute atomic E-state index is 13.5. The third-order valence-corrected chi connectivity index (χ3v) is 5.12. The van der Waals surface area contributed by atoms with Crippen molar-refractivity contribution < 1.29 is 0 Å². The Hall–Kier alpha value is -4.18. The number of hydrogen-bond acceptors (Lipinski definition) is 6. The molecule has 0 radical (unpaired) electrons. The van der Waals surface area contributed by atoms with Gasteiger partial charge in [0, 0.05) is 10.9 Å². The van der Waals surface area contributed by atoms with Gasteiger partial charge in [-0.1, -0.05) is 42.5 Å². The Morgan fingerprint density at radius 2 is 1.90 bits per heavy atom. The Kier molecular flexibility index (Phi) is 4.90. The van der Waals surface area contributed by atoms with Gasteiger partial charge in [0.05, 0.1) is 17.3 Å². The molecule has 2 aromatic heterocycles. The minimum Gasteiger partial charge on any atom is -0.382 e. The molecule has 148 valence electrons. The van der Waals surface area contributed by atoms with E-state index in [9.17, 15) is 10.1 Å². The number of hydrogen-bond donors (Lipinski definition) is 3. The van der Waals surface area contributed by atoms with Crippen LogP contribution in [0.2, 0.25) is 0 Å². The number of pyridine rings is 1. The first-order chi connectivity index (χ1) is 14.5. The standard InChI is InChI=1S/C23H20N6O/c1-13-7-6-10-16-19(13)29-20(15-8-4-3-5-9-15)18(21(16)30)14(2)28-23-17(11-24)22(25)26-12-27-23/h3-10,12,14H,1-2H3,(H,29,30)(H3,25,26,27,28). The first-order valence-electron chi connectivity index (χ1n) is 9.49. The molecular weight excluding hydrogens is 376 g/mol. The van der Waals surface area contributed by atoms with Gasteiger partial charge in [0.2, 0.25) is 0 Å². The number of H-pyrrole nitrogens is 1. The molecule has 2 heterocycles. The van der Waals surface area contributed by atoms with Crippen molar-refractivity contribution in [2.45, 2.75) is 19.9 Å². The Balaban J connectivity index is 1.94. The fourth-order valence-corrected chi connectivity index (χ4v) is 3.62. The van der Waals surface area contributed by atoms with E-state index in [-0.39, 0.29) is 16.8 Å². The summed E-state index contributed by atoms with van der Waals surface area (Å²) in [6.07, 6.45) is 1.29. The zero-order valence-electron chi connectivity index (χ0n) is 16.6. The quantitative estimate of drug-likeness (QED) is 0.481. The largest absolute Gasteiger partial charge is 0.382 e. The zero-order valence-corrected chi connectivity index (χ0v) is 16.6. The van der Waals surface area contributed by atoms with E-state index in [1.54, 1.807) is 0 Å². The summed E-state index contributed by atoms with van der Waals surface area (Å²) in [5, 5.41) is 13.2. The number of nitriles is 1. The molecule has 0 bridgehead atoms. The number of nitrogen functional groups attached to an aromatic ring is 1. The van der Waals surface area contributed by atoms with Crippen LogP contribution < -0.4 is 16.5 Å². The maximum atomic E-state index is 13.5. The molecule has 4 rings (SSSR count). The number of aromatic amines is 1. The van der Waals surface area contributed by atoms with E-state index in [2.05, 4.69) is 20.3 Å². The molecule has 7 heteroatoms. The Morgan fingerprint density at radius 3 is 2.63 bits per heavy atom. The smallest absolute Gasteiger partial charge is 0.195 e. The van der Waals surface area contributed by atoms with Gasteiger partial charge in [-0.25, -0.2) is 9.97 Å². The molecule has 1 unspecified atom stereocenters. The highest BCUT2D eigenvalue weighted by Gasteiger charge is 2.21. The van der Waals surface area contributed by atoms with Crippen LogP contribution in [0.5, 0.6) is 0 Å². The predicted molar refractivity (Wildman–Crippen MR) is 118 cm³/mol. The Bertz CT molecular complexity index is 1340. The monoisotopic (exact) mass is 396 g/mol. The van der Waals surface area contributed by atoms with Crippen LogP contribution in [0.3, 0.4) is 0 Å². The molecule has 1 atom stereocenters. The van der Waals surface area contributed by atoms with Gasteiger partial charge >= 0.3 is 0 Å². The van der Waals surface area contributed by atoms with Crippen LogP contribution in [-0.4, -0.2) is 15.0 Å². The van der Waals surface area contributed by atoms with Crippen LogP contribution in [-0.2, 0) is 0 Å². The van der Waals surface area contributed by atoms with E-state index >= 15 is 0 Å². The predicted octanol–water partition coefficient (Wildman–Crippen LogP) is 3.92. The molecule has 0 saturated heterocycles. The molecule has 0 amide bonds. The summed E-state index contributed by atoms with van der Waals surface area (Å²) >= 11 is 0. The van der Waals surface area contributed by atoms with Crippen molar-refractivity contribution in [3.63, 3.8) is 0 Å². The third kappa shape index (κ3) is 3.25. The van der Waals surface area contributed by atoms with E-state index in [4.69, 9.17) is 5.73 Å². The number of nitrogens with two attached hydrogens (primary N) is 1. The molecule has 0 spiro atoms. The van der Waals surface area contributed by atoms with Crippen LogP contribution in [0.4, 0.5) is 11.6 Å². The lowest BCUT2D eigenvalue weighted by molar-refractivity contribution is 0.861. The third-order valence-electron chi connectivity index (χ3n) is 5.12. The number of aryl methyl sites for hydroxylation is 1. The first kappa shape index (κ1) is 19.2. The molecule has 4 aromatic rings. The topological polar surface area (TPSA) is 120 Å². The zero-order chi connectivity index (χ0) is 21.3. The summed E-state index contributed by atoms with van der Waals surface area (Å²) in [5.74, 6) is 0.383. The summed E-state index contributed by atoms with van der Waals surface area (Å²) in [6.45, 7) is 3.83. The summed E-state index contributed by atoms with van der Waals surface area (Å²) in [6, 6.07) is 16.9. The van der Waals surface area contributed by atoms with Crippen LogP contribution in [0.1, 0.15) is 29.7 Å². The van der Waals surface area contributed by atoms with Gasteiger partial charge in [-0.05, 0) is 31.0 Å². The van der Waals surface area contributed by atoms with Gasteiger partial charge in [-0.2, -0.15) is 5.26 Å². The van der Waals surface area contributed by atoms with Crippen LogP contribution in [0.25, 0.3) is 22.2 Å². The van der Waals surface area contributed by atoms with E-state index in [0.29, 0.717) is 16.8 Å². The van der Waals surface area contributed by atoms with Gasteiger partial charge in [-0.15, -0.1) is 0 Å². The van der Waals surface area contributed by atoms with Gasteiger partial charge in [0.25, 0.3) is 0 Å². The fraction of sp³-hybridized carbons (Fsp3) is 0.130. The Labute approximate surface area is 173 Å². The lowest BCUT2D eigenvalue weighted by atomic mass is 9.97. The molecule has 0 aliphatic carbocycles. The molecule has 0 aliphatic rings. The van der Waals surface area contributed by atoms with Crippen molar-refractivity contribution in [2.75, 3.05) is 11.1 Å². The fourth-order valence-electron chi connectivity index (χ4n) is 3.62. The van der Waals surface area contributed by atoms with Crippen molar-refractivity contribution in [1.29, 1.82) is 5.26 Å². The van der Waals surface area contributed by atoms with Gasteiger partial charge < -0.3 is 16.0 Å². The molecule has 7 nitrogen and oxygen atoms in total. The minimum atomic E-state index is -0.449. The molecular formula is C23H20N6O. The number of anilines is 2. The normalized spacial score (nSPS) is 11.8. The average Bonchev–Trinajstić information content (AvgIpc) is 2.75. The second kappa shape index (κ2) is 7.68. The number of fused-ring (bicyclic) bond motifs is 1. The summed E-state index contributed by atoms with van der Waals surface area (Å²) in [7, 11) is 0. The van der Waals surface area contributed by atoms with Crippen molar-refractivity contribution >= 4 is 22.5 Å². The van der Waals surface area contributed by atoms with E-state index in [0.717, 1.165) is 22.3 Å². The van der Waals surface area contributed by atoms with Crippen LogP contribution in [0, 0.1) is 18.3 Å². The maximum Gasteiger partial charge on any atom is 0.195 e. The number of benzene rings is 2. The number of aromatic nitrogens is 3. The molecule has 0 fully saturated rings. The molecule has 2 aromatic carbocycles. The molecule has 0 saturated carbocycles. The Morgan fingerprint density at radius 1 is 1.13 bits per heavy atom. The molecule has 30 heavy (non-hydrogen) atoms. The van der Waals surface area contributed by atoms with Crippen molar-refractivity contribution in [2.24, 2.45) is 0 Å². The second-order valence-corrected chi connectivity index (χ2v) is 7.07. The van der Waals surface area contributed by atoms with E-state index < -0.39 is 6.04 Å². The molecule has 4 N–H and O–H groups in total. The number of para-hydroxylation sites is 1. The highest BCUT2D eigenvalue weighted by Crippen LogP contribution is 2.30. The lowest BCUT2D eigenvalue weighted by Gasteiger charge is -2.20. The summed E-state index contributed by atoms with van der Waals surface area (Å²) < 4.78 is 0. The minimum absolute atomic E-state index is 0.0770. The number of rotatable bonds is 4. The van der Waals surface area contributed by atoms with Gasteiger partial charge in [0.1, 0.15) is 29.6 Å². The van der Waals surface area contributed by atoms with Gasteiger partial charge in [0.15, 0.2) is 5.43 Å². The van der Waals surface area contributed by atoms with Crippen molar-refractivity contribution in [3.8, 4) is 17.3 Å².